The van der Waals surface area contributed by atoms with Crippen molar-refractivity contribution in [3.8, 4) is 11.4 Å². The summed E-state index contributed by atoms with van der Waals surface area (Å²) in [4.78, 5) is 21.5. The van der Waals surface area contributed by atoms with Crippen LogP contribution in [-0.4, -0.2) is 25.5 Å². The monoisotopic (exact) mass is 411 g/mol. The van der Waals surface area contributed by atoms with Crippen LogP contribution in [-0.2, 0) is 4.79 Å². The van der Waals surface area contributed by atoms with Gasteiger partial charge in [0.05, 0.1) is 0 Å². The van der Waals surface area contributed by atoms with Gasteiger partial charge in [0.1, 0.15) is 6.04 Å². The number of anilines is 1. The summed E-state index contributed by atoms with van der Waals surface area (Å²) in [5, 5.41) is 9.06. The van der Waals surface area contributed by atoms with Gasteiger partial charge in [-0.3, -0.25) is 9.78 Å². The molecule has 1 aliphatic carbocycles. The van der Waals surface area contributed by atoms with Crippen LogP contribution in [0.5, 0.6) is 0 Å². The number of nitrogens with one attached hydrogen (secondary N) is 1. The highest BCUT2D eigenvalue weighted by Crippen LogP contribution is 2.42. The van der Waals surface area contributed by atoms with E-state index in [2.05, 4.69) is 15.3 Å². The van der Waals surface area contributed by atoms with Crippen molar-refractivity contribution in [1.29, 1.82) is 0 Å². The van der Waals surface area contributed by atoms with Gasteiger partial charge in [-0.2, -0.15) is 4.98 Å². The van der Waals surface area contributed by atoms with E-state index in [1.54, 1.807) is 29.2 Å². The zero-order chi connectivity index (χ0) is 19.3. The lowest BCUT2D eigenvalue weighted by Crippen LogP contribution is -2.31. The van der Waals surface area contributed by atoms with Gasteiger partial charge in [-0.05, 0) is 37.1 Å². The second-order valence-corrected chi connectivity index (χ2v) is 7.65. The number of carbonyl (C=O) groups is 1. The molecule has 0 saturated heterocycles. The van der Waals surface area contributed by atoms with E-state index in [1.807, 2.05) is 18.2 Å². The van der Waals surface area contributed by atoms with E-state index in [4.69, 9.17) is 28.3 Å². The quantitative estimate of drug-likeness (QED) is 0.663. The number of carbonyl (C=O) groups excluding carboxylic acids is 1. The number of benzene rings is 1. The van der Waals surface area contributed by atoms with E-state index in [9.17, 15) is 4.79 Å². The van der Waals surface area contributed by atoms with Gasteiger partial charge < -0.3 is 5.32 Å². The number of fused-ring (bicyclic) bond motifs is 1. The largest absolute Gasteiger partial charge is 0.328 e. The summed E-state index contributed by atoms with van der Waals surface area (Å²) in [6, 6.07) is 8.58. The predicted octanol–water partition coefficient (Wildman–Crippen LogP) is 4.67. The number of aromatic nitrogens is 4. The number of rotatable bonds is 2. The Hall–Kier alpha value is -2.70. The lowest BCUT2D eigenvalue weighted by Gasteiger charge is -2.32. The van der Waals surface area contributed by atoms with Gasteiger partial charge in [-0.25, -0.2) is 4.68 Å². The summed E-state index contributed by atoms with van der Waals surface area (Å²) in [5.74, 6) is 1.26. The fraction of sp³-hybridized carbons (Fsp3) is 0.200. The Morgan fingerprint density at radius 3 is 2.71 bits per heavy atom. The molecule has 0 fully saturated rings. The molecule has 1 N–H and O–H groups in total. The highest BCUT2D eigenvalue weighted by Gasteiger charge is 2.37. The van der Waals surface area contributed by atoms with E-state index >= 15 is 0 Å². The molecule has 0 spiro atoms. The molecule has 6 nitrogen and oxygen atoms in total. The van der Waals surface area contributed by atoms with Crippen molar-refractivity contribution in [2.45, 2.75) is 25.3 Å². The fourth-order valence-electron chi connectivity index (χ4n) is 3.79. The molecule has 3 heterocycles. The first-order valence-corrected chi connectivity index (χ1v) is 9.72. The van der Waals surface area contributed by atoms with Crippen LogP contribution in [0.1, 0.15) is 30.9 Å². The Kier molecular flexibility index (Phi) is 4.18. The Morgan fingerprint density at radius 2 is 1.93 bits per heavy atom. The molecule has 0 amide bonds. The van der Waals surface area contributed by atoms with Crippen LogP contribution in [0.3, 0.4) is 0 Å². The van der Waals surface area contributed by atoms with Crippen LogP contribution in [0, 0.1) is 0 Å². The summed E-state index contributed by atoms with van der Waals surface area (Å²) in [7, 11) is 0. The summed E-state index contributed by atoms with van der Waals surface area (Å²) in [6.07, 6.45) is 5.52. The predicted molar refractivity (Wildman–Crippen MR) is 107 cm³/mol. The summed E-state index contributed by atoms with van der Waals surface area (Å²) in [6.45, 7) is 0. The van der Waals surface area contributed by atoms with Crippen LogP contribution in [0.25, 0.3) is 11.4 Å². The number of allylic oxidation sites excluding steroid dienone is 2. The first-order chi connectivity index (χ1) is 13.6. The Morgan fingerprint density at radius 1 is 1.11 bits per heavy atom. The van der Waals surface area contributed by atoms with Gasteiger partial charge >= 0.3 is 0 Å². The molecule has 2 aromatic heterocycles. The lowest BCUT2D eigenvalue weighted by molar-refractivity contribution is -0.116. The molecule has 0 radical (unpaired) electrons. The average molecular weight is 412 g/mol. The van der Waals surface area contributed by atoms with Crippen LogP contribution < -0.4 is 5.32 Å². The van der Waals surface area contributed by atoms with Crippen molar-refractivity contribution < 1.29 is 4.79 Å². The number of nitrogens with zero attached hydrogens (tertiary/aromatic N) is 4. The first kappa shape index (κ1) is 17.4. The lowest BCUT2D eigenvalue weighted by atomic mass is 9.85. The third kappa shape index (κ3) is 2.80. The van der Waals surface area contributed by atoms with Crippen molar-refractivity contribution in [3.63, 3.8) is 0 Å². The number of hydrogen-bond donors (Lipinski definition) is 1. The number of pyridine rings is 1. The minimum Gasteiger partial charge on any atom is -0.328 e. The van der Waals surface area contributed by atoms with Crippen molar-refractivity contribution in [1.82, 2.24) is 19.7 Å². The van der Waals surface area contributed by atoms with E-state index < -0.39 is 6.04 Å². The molecule has 2 aliphatic rings. The highest BCUT2D eigenvalue weighted by molar-refractivity contribution is 6.35. The van der Waals surface area contributed by atoms with Crippen LogP contribution >= 0.6 is 23.2 Å². The summed E-state index contributed by atoms with van der Waals surface area (Å²) >= 11 is 12.6. The molecule has 140 valence electrons. The fourth-order valence-corrected chi connectivity index (χ4v) is 4.30. The Labute approximate surface area is 171 Å². The molecular weight excluding hydrogens is 397 g/mol. The maximum atomic E-state index is 12.8. The molecule has 1 atom stereocenters. The molecule has 0 bridgehead atoms. The second kappa shape index (κ2) is 6.72. The van der Waals surface area contributed by atoms with Gasteiger partial charge in [0.2, 0.25) is 5.95 Å². The first-order valence-electron chi connectivity index (χ1n) is 8.97. The van der Waals surface area contributed by atoms with Crippen LogP contribution in [0.4, 0.5) is 5.95 Å². The molecule has 28 heavy (non-hydrogen) atoms. The number of hydrogen-bond acceptors (Lipinski definition) is 5. The number of Topliss-reactive ketones (excluding diaryl/α,β-unsaturated/α-hetero) is 1. The van der Waals surface area contributed by atoms with Crippen LogP contribution in [0.2, 0.25) is 10.0 Å². The van der Waals surface area contributed by atoms with Crippen molar-refractivity contribution in [2.24, 2.45) is 0 Å². The van der Waals surface area contributed by atoms with Gasteiger partial charge in [0.15, 0.2) is 11.6 Å². The zero-order valence-electron chi connectivity index (χ0n) is 14.7. The number of halogens is 2. The molecule has 0 saturated carbocycles. The van der Waals surface area contributed by atoms with Crippen molar-refractivity contribution in [3.05, 3.63) is 69.6 Å². The minimum atomic E-state index is -0.438. The van der Waals surface area contributed by atoms with Gasteiger partial charge in [-0.1, -0.05) is 29.3 Å². The normalized spacial score (nSPS) is 18.5. The van der Waals surface area contributed by atoms with Gasteiger partial charge in [0, 0.05) is 51.3 Å². The minimum absolute atomic E-state index is 0.108. The molecule has 1 unspecified atom stereocenters. The maximum Gasteiger partial charge on any atom is 0.226 e. The molecule has 8 heteroatoms. The summed E-state index contributed by atoms with van der Waals surface area (Å²) < 4.78 is 1.74. The van der Waals surface area contributed by atoms with Crippen molar-refractivity contribution in [2.75, 3.05) is 5.32 Å². The zero-order valence-corrected chi connectivity index (χ0v) is 16.2. The third-order valence-corrected chi connectivity index (χ3v) is 5.63. The third-order valence-electron chi connectivity index (χ3n) is 5.06. The van der Waals surface area contributed by atoms with E-state index in [1.165, 1.54) is 0 Å². The standard InChI is InChI=1S/C20H15Cl2N5O/c21-12-4-5-13(14(22)10-12)18-17-15(2-1-3-16(17)28)24-20-25-19(26-27(18)20)11-6-8-23-9-7-11/h4-10,18H,1-3H2,(H,24,25,26). The van der Waals surface area contributed by atoms with Gasteiger partial charge in [-0.15, -0.1) is 5.10 Å². The average Bonchev–Trinajstić information content (AvgIpc) is 3.12. The Bertz CT molecular complexity index is 1120. The highest BCUT2D eigenvalue weighted by atomic mass is 35.5. The molecule has 5 rings (SSSR count). The molecular formula is C20H15Cl2N5O. The molecule has 1 aliphatic heterocycles. The second-order valence-electron chi connectivity index (χ2n) is 6.80. The molecule has 3 aromatic rings. The smallest absolute Gasteiger partial charge is 0.226 e. The Balaban J connectivity index is 1.71. The number of ketones is 1. The molecule has 1 aromatic carbocycles. The maximum absolute atomic E-state index is 12.8. The topological polar surface area (TPSA) is 72.7 Å². The summed E-state index contributed by atoms with van der Waals surface area (Å²) in [5.41, 5.74) is 3.23. The van der Waals surface area contributed by atoms with Crippen molar-refractivity contribution >= 4 is 34.9 Å². The van der Waals surface area contributed by atoms with Gasteiger partial charge in [0.25, 0.3) is 0 Å². The van der Waals surface area contributed by atoms with Crippen LogP contribution in [0.15, 0.2) is 54.0 Å². The van der Waals surface area contributed by atoms with E-state index in [-0.39, 0.29) is 5.78 Å². The SMILES string of the molecule is O=C1CCCC2=C1C(c1ccc(Cl)cc1Cl)n1nc(-c3ccncc3)nc1N2. The van der Waals surface area contributed by atoms with E-state index in [0.717, 1.165) is 29.7 Å². The van der Waals surface area contributed by atoms with E-state index in [0.29, 0.717) is 33.8 Å².